The van der Waals surface area contributed by atoms with E-state index in [1.54, 1.807) is 6.07 Å². The molecule has 0 aliphatic rings. The maximum absolute atomic E-state index is 12.7. The molecule has 0 aliphatic carbocycles. The van der Waals surface area contributed by atoms with Crippen LogP contribution in [-0.2, 0) is 11.2 Å². The van der Waals surface area contributed by atoms with Crippen molar-refractivity contribution in [3.05, 3.63) is 70.9 Å². The van der Waals surface area contributed by atoms with Gasteiger partial charge in [-0.25, -0.2) is 0 Å². The third-order valence-corrected chi connectivity index (χ3v) is 5.65. The lowest BCUT2D eigenvalue weighted by molar-refractivity contribution is -0.151. The predicted octanol–water partition coefficient (Wildman–Crippen LogP) is 3.82. The quantitative estimate of drug-likeness (QED) is 0.410. The molecule has 3 N–H and O–H groups in total. The molecular formula is C24H25ClN2O6. The summed E-state index contributed by atoms with van der Waals surface area (Å²) in [5.74, 6) is -1.62. The van der Waals surface area contributed by atoms with Crippen LogP contribution in [0, 0.1) is 5.41 Å². The first-order valence-electron chi connectivity index (χ1n) is 10.2. The van der Waals surface area contributed by atoms with Crippen molar-refractivity contribution >= 4 is 23.5 Å². The lowest BCUT2D eigenvalue weighted by atomic mass is 9.82. The van der Waals surface area contributed by atoms with E-state index in [1.165, 1.54) is 20.1 Å². The molecule has 0 aliphatic heterocycles. The molecule has 0 bridgehead atoms. The van der Waals surface area contributed by atoms with E-state index >= 15 is 0 Å². The fourth-order valence-electron chi connectivity index (χ4n) is 3.44. The van der Waals surface area contributed by atoms with Crippen molar-refractivity contribution in [3.8, 4) is 17.0 Å². The van der Waals surface area contributed by atoms with Crippen molar-refractivity contribution in [2.75, 3.05) is 13.7 Å². The number of methoxy groups -OCH3 is 1. The third-order valence-electron chi connectivity index (χ3n) is 5.41. The van der Waals surface area contributed by atoms with Crippen molar-refractivity contribution in [1.82, 2.24) is 10.5 Å². The Morgan fingerprint density at radius 2 is 1.91 bits per heavy atom. The van der Waals surface area contributed by atoms with E-state index in [0.717, 1.165) is 16.7 Å². The zero-order chi connectivity index (χ0) is 24.0. The Morgan fingerprint density at radius 3 is 2.48 bits per heavy atom. The molecule has 0 saturated heterocycles. The van der Waals surface area contributed by atoms with Gasteiger partial charge in [0.05, 0.1) is 25.2 Å². The summed E-state index contributed by atoms with van der Waals surface area (Å²) in [6.07, 6.45) is 0.349. The summed E-state index contributed by atoms with van der Waals surface area (Å²) >= 11 is 6.08. The van der Waals surface area contributed by atoms with Gasteiger partial charge in [-0.15, -0.1) is 0 Å². The first-order valence-corrected chi connectivity index (χ1v) is 10.6. The number of amides is 1. The Labute approximate surface area is 196 Å². The molecule has 0 unspecified atom stereocenters. The zero-order valence-corrected chi connectivity index (χ0v) is 19.0. The van der Waals surface area contributed by atoms with Crippen LogP contribution in [-0.4, -0.2) is 47.0 Å². The maximum atomic E-state index is 12.7. The number of carboxylic acid groups (broad SMARTS) is 1. The number of nitrogens with zero attached hydrogens (tertiary/aromatic N) is 1. The molecule has 0 radical (unpaired) electrons. The number of ether oxygens (including phenoxy) is 1. The Kier molecular flexibility index (Phi) is 7.73. The highest BCUT2D eigenvalue weighted by Gasteiger charge is 2.36. The SMILES string of the molecule is COc1cc(C(=O)N[C@H](Cc2ccc(-c3cccc(Cl)c3)cc2)C[C@@](C)(CO)C(=O)O)on1. The number of nitrogens with one attached hydrogen (secondary N) is 1. The normalized spacial score (nSPS) is 13.7. The number of aliphatic carboxylic acids is 1. The lowest BCUT2D eigenvalue weighted by Gasteiger charge is -2.28. The van der Waals surface area contributed by atoms with Crippen molar-refractivity contribution in [3.63, 3.8) is 0 Å². The molecule has 0 saturated carbocycles. The number of aliphatic hydroxyl groups is 1. The topological polar surface area (TPSA) is 122 Å². The smallest absolute Gasteiger partial charge is 0.311 e. The summed E-state index contributed by atoms with van der Waals surface area (Å²) < 4.78 is 9.91. The Balaban J connectivity index is 1.80. The van der Waals surface area contributed by atoms with Crippen molar-refractivity contribution < 1.29 is 29.1 Å². The van der Waals surface area contributed by atoms with E-state index in [4.69, 9.17) is 20.9 Å². The minimum Gasteiger partial charge on any atom is -0.481 e. The number of hydrogen-bond acceptors (Lipinski definition) is 6. The zero-order valence-electron chi connectivity index (χ0n) is 18.2. The molecule has 8 nitrogen and oxygen atoms in total. The number of hydrogen-bond donors (Lipinski definition) is 3. The van der Waals surface area contributed by atoms with E-state index in [9.17, 15) is 19.8 Å². The first-order chi connectivity index (χ1) is 15.7. The summed E-state index contributed by atoms with van der Waals surface area (Å²) in [5.41, 5.74) is 1.39. The van der Waals surface area contributed by atoms with Crippen LogP contribution < -0.4 is 10.1 Å². The van der Waals surface area contributed by atoms with Crippen LogP contribution in [0.1, 0.15) is 29.5 Å². The van der Waals surface area contributed by atoms with E-state index < -0.39 is 29.9 Å². The summed E-state index contributed by atoms with van der Waals surface area (Å²) in [6, 6.07) is 15.9. The van der Waals surface area contributed by atoms with E-state index in [1.807, 2.05) is 42.5 Å². The van der Waals surface area contributed by atoms with Gasteiger partial charge < -0.3 is 24.8 Å². The minimum absolute atomic E-state index is 0.00584. The van der Waals surface area contributed by atoms with E-state index in [0.29, 0.717) is 11.4 Å². The Morgan fingerprint density at radius 1 is 1.18 bits per heavy atom. The largest absolute Gasteiger partial charge is 0.481 e. The molecule has 1 aromatic heterocycles. The molecule has 1 heterocycles. The molecule has 0 spiro atoms. The van der Waals surface area contributed by atoms with Gasteiger partial charge in [-0.1, -0.05) is 48.0 Å². The summed E-state index contributed by atoms with van der Waals surface area (Å²) in [5, 5.41) is 26.3. The average molecular weight is 473 g/mol. The van der Waals surface area contributed by atoms with Crippen molar-refractivity contribution in [2.45, 2.75) is 25.8 Å². The molecule has 1 amide bonds. The second kappa shape index (κ2) is 10.5. The van der Waals surface area contributed by atoms with Gasteiger partial charge in [0.2, 0.25) is 5.76 Å². The van der Waals surface area contributed by atoms with Crippen LogP contribution in [0.25, 0.3) is 11.1 Å². The van der Waals surface area contributed by atoms with Gasteiger partial charge >= 0.3 is 5.97 Å². The maximum Gasteiger partial charge on any atom is 0.311 e. The summed E-state index contributed by atoms with van der Waals surface area (Å²) in [6.45, 7) is 0.868. The van der Waals surface area contributed by atoms with Crippen molar-refractivity contribution in [1.29, 1.82) is 0 Å². The van der Waals surface area contributed by atoms with Gasteiger partial charge in [0.1, 0.15) is 0 Å². The fourth-order valence-corrected chi connectivity index (χ4v) is 3.63. The third kappa shape index (κ3) is 6.12. The highest BCUT2D eigenvalue weighted by molar-refractivity contribution is 6.30. The first kappa shape index (κ1) is 24.3. The summed E-state index contributed by atoms with van der Waals surface area (Å²) in [4.78, 5) is 24.4. The molecule has 3 aromatic rings. The molecule has 0 fully saturated rings. The number of benzene rings is 2. The number of carbonyl (C=O) groups excluding carboxylic acids is 1. The molecule has 3 rings (SSSR count). The van der Waals surface area contributed by atoms with Gasteiger partial charge in [0.15, 0.2) is 0 Å². The number of carboxylic acids is 1. The standard InChI is InChI=1S/C24H25ClN2O6/c1-24(14-28,23(30)31)13-19(26-22(29)20-12-21(32-2)27-33-20)10-15-6-8-16(9-7-15)17-4-3-5-18(25)11-17/h3-9,11-12,19,28H,10,13-14H2,1-2H3,(H,26,29)(H,30,31)/t19-,24+/m1/s1. The van der Waals surface area contributed by atoms with E-state index in [2.05, 4.69) is 10.5 Å². The Hall–Kier alpha value is -3.36. The lowest BCUT2D eigenvalue weighted by Crippen LogP contribution is -2.44. The minimum atomic E-state index is -1.43. The van der Waals surface area contributed by atoms with Crippen LogP contribution in [0.3, 0.4) is 0 Å². The molecule has 33 heavy (non-hydrogen) atoms. The van der Waals surface area contributed by atoms with Gasteiger partial charge in [0, 0.05) is 11.1 Å². The van der Waals surface area contributed by atoms with Crippen LogP contribution in [0.15, 0.2) is 59.1 Å². The molecule has 2 atom stereocenters. The highest BCUT2D eigenvalue weighted by atomic mass is 35.5. The van der Waals surface area contributed by atoms with Crippen LogP contribution in [0.2, 0.25) is 5.02 Å². The number of rotatable bonds is 10. The highest BCUT2D eigenvalue weighted by Crippen LogP contribution is 2.27. The number of carbonyl (C=O) groups is 2. The second-order valence-electron chi connectivity index (χ2n) is 8.04. The monoisotopic (exact) mass is 472 g/mol. The predicted molar refractivity (Wildman–Crippen MR) is 122 cm³/mol. The van der Waals surface area contributed by atoms with Crippen LogP contribution in [0.4, 0.5) is 0 Å². The second-order valence-corrected chi connectivity index (χ2v) is 8.48. The fraction of sp³-hybridized carbons (Fsp3) is 0.292. The van der Waals surface area contributed by atoms with Gasteiger partial charge in [0.25, 0.3) is 11.8 Å². The van der Waals surface area contributed by atoms with E-state index in [-0.39, 0.29) is 18.1 Å². The molecular weight excluding hydrogens is 448 g/mol. The number of aromatic nitrogens is 1. The van der Waals surface area contributed by atoms with Gasteiger partial charge in [-0.2, -0.15) is 0 Å². The molecule has 174 valence electrons. The Bertz CT molecular complexity index is 1110. The number of aliphatic hydroxyl groups excluding tert-OH is 1. The number of halogens is 1. The molecule has 9 heteroatoms. The summed E-state index contributed by atoms with van der Waals surface area (Å²) in [7, 11) is 1.40. The average Bonchev–Trinajstić information content (AvgIpc) is 3.29. The van der Waals surface area contributed by atoms with Crippen LogP contribution >= 0.6 is 11.6 Å². The van der Waals surface area contributed by atoms with Crippen molar-refractivity contribution in [2.24, 2.45) is 5.41 Å². The molecule has 2 aromatic carbocycles. The van der Waals surface area contributed by atoms with Crippen LogP contribution in [0.5, 0.6) is 5.88 Å². The van der Waals surface area contributed by atoms with Gasteiger partial charge in [-0.3, -0.25) is 9.59 Å². The van der Waals surface area contributed by atoms with Gasteiger partial charge in [-0.05, 0) is 53.7 Å².